The Labute approximate surface area is 134 Å². The van der Waals surface area contributed by atoms with Gasteiger partial charge in [0, 0.05) is 0 Å². The standard InChI is InChI=1S/C21H38/c1-7-11-15-19(12-8-2)21(14-10-4)20(13-9-3)17-16-18(5)6/h15-16H,7-14,17H2,1-6H3/b19-15+,21-20+. The lowest BCUT2D eigenvalue weighted by Crippen LogP contribution is -1.98. The van der Waals surface area contributed by atoms with Crippen molar-refractivity contribution in [3.63, 3.8) is 0 Å². The minimum absolute atomic E-state index is 1.15. The Kier molecular flexibility index (Phi) is 12.4. The van der Waals surface area contributed by atoms with Gasteiger partial charge in [-0.3, -0.25) is 0 Å². The van der Waals surface area contributed by atoms with E-state index in [4.69, 9.17) is 0 Å². The van der Waals surface area contributed by atoms with Crippen LogP contribution in [0, 0.1) is 0 Å². The zero-order valence-corrected chi connectivity index (χ0v) is 15.5. The number of rotatable bonds is 11. The fraction of sp³-hybridized carbons (Fsp3) is 0.714. The highest BCUT2D eigenvalue weighted by Crippen LogP contribution is 2.29. The molecular formula is C21H38. The molecule has 0 unspecified atom stereocenters. The maximum absolute atomic E-state index is 2.52. The zero-order chi connectivity index (χ0) is 16.1. The molecule has 0 aromatic carbocycles. The molecule has 0 fully saturated rings. The molecule has 0 atom stereocenters. The van der Waals surface area contributed by atoms with Crippen molar-refractivity contribution >= 4 is 0 Å². The van der Waals surface area contributed by atoms with E-state index in [-0.39, 0.29) is 0 Å². The summed E-state index contributed by atoms with van der Waals surface area (Å²) in [4.78, 5) is 0. The van der Waals surface area contributed by atoms with Gasteiger partial charge in [-0.2, -0.15) is 0 Å². The van der Waals surface area contributed by atoms with Crippen LogP contribution >= 0.6 is 0 Å². The van der Waals surface area contributed by atoms with Gasteiger partial charge in [-0.15, -0.1) is 0 Å². The third-order valence-electron chi connectivity index (χ3n) is 3.82. The Balaban J connectivity index is 5.55. The fourth-order valence-electron chi connectivity index (χ4n) is 2.78. The molecule has 0 heterocycles. The fourth-order valence-corrected chi connectivity index (χ4v) is 2.78. The van der Waals surface area contributed by atoms with Gasteiger partial charge in [0.15, 0.2) is 0 Å². The van der Waals surface area contributed by atoms with Crippen molar-refractivity contribution in [2.75, 3.05) is 0 Å². The first-order chi connectivity index (χ1) is 10.1. The van der Waals surface area contributed by atoms with E-state index in [1.807, 2.05) is 0 Å². The number of allylic oxidation sites excluding steroid dienone is 6. The summed E-state index contributed by atoms with van der Waals surface area (Å²) in [6.07, 6.45) is 16.1. The number of unbranched alkanes of at least 4 members (excludes halogenated alkanes) is 1. The zero-order valence-electron chi connectivity index (χ0n) is 15.5. The van der Waals surface area contributed by atoms with Crippen LogP contribution < -0.4 is 0 Å². The lowest BCUT2D eigenvalue weighted by Gasteiger charge is -2.18. The van der Waals surface area contributed by atoms with Crippen LogP contribution in [0.3, 0.4) is 0 Å². The summed E-state index contributed by atoms with van der Waals surface area (Å²) < 4.78 is 0. The molecule has 0 radical (unpaired) electrons. The highest BCUT2D eigenvalue weighted by Gasteiger charge is 2.10. The molecule has 0 nitrogen and oxygen atoms in total. The molecule has 0 amide bonds. The van der Waals surface area contributed by atoms with E-state index in [2.05, 4.69) is 53.7 Å². The lowest BCUT2D eigenvalue weighted by molar-refractivity contribution is 0.791. The largest absolute Gasteiger partial charge is 0.0818 e. The van der Waals surface area contributed by atoms with E-state index >= 15 is 0 Å². The van der Waals surface area contributed by atoms with E-state index in [1.165, 1.54) is 56.9 Å². The molecule has 0 bridgehead atoms. The molecular weight excluding hydrogens is 252 g/mol. The van der Waals surface area contributed by atoms with Gasteiger partial charge >= 0.3 is 0 Å². The van der Waals surface area contributed by atoms with Gasteiger partial charge in [0.2, 0.25) is 0 Å². The maximum Gasteiger partial charge on any atom is -0.0130 e. The number of hydrogen-bond donors (Lipinski definition) is 0. The molecule has 0 heteroatoms. The van der Waals surface area contributed by atoms with Crippen LogP contribution in [0.1, 0.15) is 99.3 Å². The summed E-state index contributed by atoms with van der Waals surface area (Å²) in [5.74, 6) is 0. The molecule has 0 aromatic heterocycles. The van der Waals surface area contributed by atoms with Crippen molar-refractivity contribution < 1.29 is 0 Å². The maximum atomic E-state index is 2.52. The summed E-state index contributed by atoms with van der Waals surface area (Å²) in [5, 5.41) is 0. The van der Waals surface area contributed by atoms with Crippen molar-refractivity contribution in [2.45, 2.75) is 99.3 Å². The molecule has 0 saturated carbocycles. The summed E-state index contributed by atoms with van der Waals surface area (Å²) >= 11 is 0. The second kappa shape index (κ2) is 12.9. The van der Waals surface area contributed by atoms with E-state index in [0.29, 0.717) is 0 Å². The predicted molar refractivity (Wildman–Crippen MR) is 98.8 cm³/mol. The Morgan fingerprint density at radius 2 is 1.33 bits per heavy atom. The molecule has 0 rings (SSSR count). The van der Waals surface area contributed by atoms with Gasteiger partial charge in [-0.05, 0) is 57.1 Å². The van der Waals surface area contributed by atoms with Crippen LogP contribution in [0.4, 0.5) is 0 Å². The van der Waals surface area contributed by atoms with Gasteiger partial charge in [0.1, 0.15) is 0 Å². The molecule has 0 aliphatic rings. The summed E-state index contributed by atoms with van der Waals surface area (Å²) in [6.45, 7) is 13.6. The topological polar surface area (TPSA) is 0 Å². The van der Waals surface area contributed by atoms with Gasteiger partial charge in [-0.25, -0.2) is 0 Å². The first-order valence-corrected chi connectivity index (χ1v) is 9.14. The van der Waals surface area contributed by atoms with Crippen molar-refractivity contribution in [3.05, 3.63) is 34.4 Å². The van der Waals surface area contributed by atoms with E-state index < -0.39 is 0 Å². The van der Waals surface area contributed by atoms with E-state index in [1.54, 1.807) is 16.7 Å². The van der Waals surface area contributed by atoms with Crippen molar-refractivity contribution in [1.29, 1.82) is 0 Å². The smallest absolute Gasteiger partial charge is 0.0130 e. The number of hydrogen-bond acceptors (Lipinski definition) is 0. The monoisotopic (exact) mass is 290 g/mol. The van der Waals surface area contributed by atoms with Crippen molar-refractivity contribution in [1.82, 2.24) is 0 Å². The summed E-state index contributed by atoms with van der Waals surface area (Å²) in [7, 11) is 0. The lowest BCUT2D eigenvalue weighted by atomic mass is 9.88. The third kappa shape index (κ3) is 8.96. The normalized spacial score (nSPS) is 13.1. The molecule has 0 aliphatic heterocycles. The van der Waals surface area contributed by atoms with Crippen LogP contribution in [0.25, 0.3) is 0 Å². The summed E-state index contributed by atoms with van der Waals surface area (Å²) in [6, 6.07) is 0. The Morgan fingerprint density at radius 3 is 1.81 bits per heavy atom. The first kappa shape index (κ1) is 20.2. The minimum atomic E-state index is 1.15. The van der Waals surface area contributed by atoms with Crippen LogP contribution in [0.15, 0.2) is 34.4 Å². The second-order valence-electron chi connectivity index (χ2n) is 6.34. The minimum Gasteiger partial charge on any atom is -0.0818 e. The van der Waals surface area contributed by atoms with E-state index in [9.17, 15) is 0 Å². The van der Waals surface area contributed by atoms with Crippen LogP contribution in [0.2, 0.25) is 0 Å². The Morgan fingerprint density at radius 1 is 0.714 bits per heavy atom. The Bertz CT molecular complexity index is 348. The molecule has 0 N–H and O–H groups in total. The molecule has 122 valence electrons. The SMILES string of the molecule is CCC/C=C(CCC)/C(CCC)=C(/CC=C(C)C)CCC. The molecule has 21 heavy (non-hydrogen) atoms. The average molecular weight is 291 g/mol. The predicted octanol–water partition coefficient (Wildman–Crippen LogP) is 7.77. The van der Waals surface area contributed by atoms with Crippen LogP contribution in [-0.4, -0.2) is 0 Å². The molecule has 0 aromatic rings. The van der Waals surface area contributed by atoms with Gasteiger partial charge in [-0.1, -0.05) is 76.7 Å². The highest BCUT2D eigenvalue weighted by molar-refractivity contribution is 5.36. The second-order valence-corrected chi connectivity index (χ2v) is 6.34. The van der Waals surface area contributed by atoms with Gasteiger partial charge < -0.3 is 0 Å². The van der Waals surface area contributed by atoms with Crippen LogP contribution in [0.5, 0.6) is 0 Å². The molecule has 0 saturated heterocycles. The molecule has 0 aliphatic carbocycles. The average Bonchev–Trinajstić information content (AvgIpc) is 2.46. The third-order valence-corrected chi connectivity index (χ3v) is 3.82. The summed E-state index contributed by atoms with van der Waals surface area (Å²) in [5.41, 5.74) is 6.46. The van der Waals surface area contributed by atoms with Crippen LogP contribution in [-0.2, 0) is 0 Å². The van der Waals surface area contributed by atoms with E-state index in [0.717, 1.165) is 6.42 Å². The van der Waals surface area contributed by atoms with Gasteiger partial charge in [0.25, 0.3) is 0 Å². The first-order valence-electron chi connectivity index (χ1n) is 9.14. The Hall–Kier alpha value is -0.780. The van der Waals surface area contributed by atoms with Gasteiger partial charge in [0.05, 0.1) is 0 Å². The highest BCUT2D eigenvalue weighted by atomic mass is 14.2. The van der Waals surface area contributed by atoms with Crippen molar-refractivity contribution in [2.24, 2.45) is 0 Å². The molecule has 0 spiro atoms. The van der Waals surface area contributed by atoms with Crippen molar-refractivity contribution in [3.8, 4) is 0 Å². The quantitative estimate of drug-likeness (QED) is 0.269.